The molecule has 2 heteroatoms. The van der Waals surface area contributed by atoms with E-state index in [1.165, 1.54) is 51.4 Å². The zero-order valence-electron chi connectivity index (χ0n) is 11.8. The maximum absolute atomic E-state index is 6.08. The van der Waals surface area contributed by atoms with Crippen LogP contribution in [-0.2, 0) is 4.74 Å². The summed E-state index contributed by atoms with van der Waals surface area (Å²) < 4.78 is 5.38. The molecule has 0 spiro atoms. The van der Waals surface area contributed by atoms with E-state index in [0.29, 0.717) is 6.04 Å². The van der Waals surface area contributed by atoms with E-state index in [1.807, 2.05) is 0 Å². The molecule has 0 amide bonds. The largest absolute Gasteiger partial charge is 0.381 e. The molecule has 1 atom stereocenters. The Morgan fingerprint density at radius 1 is 1.12 bits per heavy atom. The number of unbranched alkanes of at least 4 members (excludes halogenated alkanes) is 2. The van der Waals surface area contributed by atoms with Crippen molar-refractivity contribution in [2.75, 3.05) is 13.2 Å². The lowest BCUT2D eigenvalue weighted by molar-refractivity contribution is 0.0631. The van der Waals surface area contributed by atoms with E-state index in [-0.39, 0.29) is 0 Å². The van der Waals surface area contributed by atoms with Crippen LogP contribution in [0.3, 0.4) is 0 Å². The van der Waals surface area contributed by atoms with Gasteiger partial charge in [-0.15, -0.1) is 0 Å². The average molecular weight is 241 g/mol. The standard InChI is InChI=1S/C15H31NO/c1-13(2)12-15(16)7-5-3-4-6-14-8-10-17-11-9-14/h13-15H,3-12,16H2,1-2H3. The molecule has 102 valence electrons. The highest BCUT2D eigenvalue weighted by molar-refractivity contribution is 4.66. The summed E-state index contributed by atoms with van der Waals surface area (Å²) in [4.78, 5) is 0. The lowest BCUT2D eigenvalue weighted by Crippen LogP contribution is -2.21. The summed E-state index contributed by atoms with van der Waals surface area (Å²) in [6.07, 6.45) is 10.4. The Bertz CT molecular complexity index is 176. The Morgan fingerprint density at radius 3 is 2.47 bits per heavy atom. The molecule has 1 aliphatic rings. The zero-order valence-corrected chi connectivity index (χ0v) is 11.8. The normalized spacial score (nSPS) is 19.8. The van der Waals surface area contributed by atoms with Crippen molar-refractivity contribution >= 4 is 0 Å². The molecule has 0 saturated carbocycles. The van der Waals surface area contributed by atoms with Crippen LogP contribution in [0, 0.1) is 11.8 Å². The molecule has 0 aliphatic carbocycles. The van der Waals surface area contributed by atoms with E-state index in [2.05, 4.69) is 13.8 Å². The summed E-state index contributed by atoms with van der Waals surface area (Å²) in [6.45, 7) is 6.49. The van der Waals surface area contributed by atoms with Gasteiger partial charge < -0.3 is 10.5 Å². The van der Waals surface area contributed by atoms with Gasteiger partial charge in [-0.1, -0.05) is 39.5 Å². The summed E-state index contributed by atoms with van der Waals surface area (Å²) in [7, 11) is 0. The first-order valence-corrected chi connectivity index (χ1v) is 7.51. The molecule has 1 saturated heterocycles. The van der Waals surface area contributed by atoms with Gasteiger partial charge in [0.1, 0.15) is 0 Å². The van der Waals surface area contributed by atoms with Crippen LogP contribution in [0.25, 0.3) is 0 Å². The summed E-state index contributed by atoms with van der Waals surface area (Å²) in [5, 5.41) is 0. The van der Waals surface area contributed by atoms with Gasteiger partial charge in [0.05, 0.1) is 0 Å². The summed E-state index contributed by atoms with van der Waals surface area (Å²) in [5.74, 6) is 1.68. The first kappa shape index (κ1) is 15.0. The highest BCUT2D eigenvalue weighted by Gasteiger charge is 2.13. The van der Waals surface area contributed by atoms with Crippen LogP contribution in [0.5, 0.6) is 0 Å². The predicted molar refractivity (Wildman–Crippen MR) is 74.1 cm³/mol. The molecular weight excluding hydrogens is 210 g/mol. The van der Waals surface area contributed by atoms with E-state index >= 15 is 0 Å². The fourth-order valence-corrected chi connectivity index (χ4v) is 2.77. The van der Waals surface area contributed by atoms with Crippen molar-refractivity contribution in [2.24, 2.45) is 17.6 Å². The van der Waals surface area contributed by atoms with Crippen molar-refractivity contribution in [2.45, 2.75) is 71.3 Å². The van der Waals surface area contributed by atoms with Gasteiger partial charge in [0.2, 0.25) is 0 Å². The van der Waals surface area contributed by atoms with Crippen LogP contribution in [0.4, 0.5) is 0 Å². The van der Waals surface area contributed by atoms with Crippen molar-refractivity contribution < 1.29 is 4.74 Å². The highest BCUT2D eigenvalue weighted by atomic mass is 16.5. The molecule has 2 nitrogen and oxygen atoms in total. The second kappa shape index (κ2) is 8.93. The predicted octanol–water partition coefficient (Wildman–Crippen LogP) is 3.74. The van der Waals surface area contributed by atoms with Crippen LogP contribution in [0.2, 0.25) is 0 Å². The lowest BCUT2D eigenvalue weighted by atomic mass is 9.93. The van der Waals surface area contributed by atoms with Gasteiger partial charge in [0.25, 0.3) is 0 Å². The summed E-state index contributed by atoms with van der Waals surface area (Å²) in [6, 6.07) is 0.429. The third-order valence-corrected chi connectivity index (χ3v) is 3.80. The van der Waals surface area contributed by atoms with Crippen molar-refractivity contribution in [3.05, 3.63) is 0 Å². The average Bonchev–Trinajstić information content (AvgIpc) is 2.29. The Hall–Kier alpha value is -0.0800. The molecule has 1 rings (SSSR count). The van der Waals surface area contributed by atoms with Gasteiger partial charge >= 0.3 is 0 Å². The number of hydrogen-bond donors (Lipinski definition) is 1. The van der Waals surface area contributed by atoms with E-state index in [0.717, 1.165) is 25.0 Å². The fraction of sp³-hybridized carbons (Fsp3) is 1.00. The third kappa shape index (κ3) is 7.77. The minimum Gasteiger partial charge on any atom is -0.381 e. The van der Waals surface area contributed by atoms with Crippen LogP contribution >= 0.6 is 0 Å². The van der Waals surface area contributed by atoms with Gasteiger partial charge in [-0.2, -0.15) is 0 Å². The van der Waals surface area contributed by atoms with Crippen LogP contribution in [0.1, 0.15) is 65.2 Å². The van der Waals surface area contributed by atoms with Gasteiger partial charge in [-0.25, -0.2) is 0 Å². The monoisotopic (exact) mass is 241 g/mol. The molecule has 0 aromatic heterocycles. The molecule has 0 aromatic rings. The Kier molecular flexibility index (Phi) is 7.87. The van der Waals surface area contributed by atoms with Gasteiger partial charge in [-0.05, 0) is 37.5 Å². The number of ether oxygens (including phenoxy) is 1. The van der Waals surface area contributed by atoms with Crippen LogP contribution in [0.15, 0.2) is 0 Å². The molecule has 2 N–H and O–H groups in total. The maximum atomic E-state index is 6.08. The van der Waals surface area contributed by atoms with Crippen molar-refractivity contribution in [1.29, 1.82) is 0 Å². The van der Waals surface area contributed by atoms with Crippen molar-refractivity contribution in [3.8, 4) is 0 Å². The molecular formula is C15H31NO. The quantitative estimate of drug-likeness (QED) is 0.657. The molecule has 1 heterocycles. The molecule has 0 radical (unpaired) electrons. The maximum Gasteiger partial charge on any atom is 0.0468 e. The van der Waals surface area contributed by atoms with Crippen LogP contribution in [-0.4, -0.2) is 19.3 Å². The zero-order chi connectivity index (χ0) is 12.5. The smallest absolute Gasteiger partial charge is 0.0468 e. The van der Waals surface area contributed by atoms with E-state index in [1.54, 1.807) is 0 Å². The second-order valence-electron chi connectivity index (χ2n) is 6.08. The fourth-order valence-electron chi connectivity index (χ4n) is 2.77. The second-order valence-corrected chi connectivity index (χ2v) is 6.08. The third-order valence-electron chi connectivity index (χ3n) is 3.80. The summed E-state index contributed by atoms with van der Waals surface area (Å²) in [5.41, 5.74) is 6.08. The minimum atomic E-state index is 0.429. The molecule has 1 unspecified atom stereocenters. The molecule has 1 fully saturated rings. The first-order chi connectivity index (χ1) is 8.18. The number of rotatable bonds is 8. The Balaban J connectivity index is 1.89. The Morgan fingerprint density at radius 2 is 1.82 bits per heavy atom. The van der Waals surface area contributed by atoms with Gasteiger partial charge in [0.15, 0.2) is 0 Å². The SMILES string of the molecule is CC(C)CC(N)CCCCCC1CCOCC1. The topological polar surface area (TPSA) is 35.2 Å². The molecule has 0 aromatic carbocycles. The number of nitrogens with two attached hydrogens (primary N) is 1. The van der Waals surface area contributed by atoms with Crippen molar-refractivity contribution in [1.82, 2.24) is 0 Å². The highest BCUT2D eigenvalue weighted by Crippen LogP contribution is 2.21. The summed E-state index contributed by atoms with van der Waals surface area (Å²) >= 11 is 0. The van der Waals surface area contributed by atoms with E-state index < -0.39 is 0 Å². The Labute approximate surface area is 107 Å². The lowest BCUT2D eigenvalue weighted by Gasteiger charge is -2.21. The number of hydrogen-bond acceptors (Lipinski definition) is 2. The molecule has 1 aliphatic heterocycles. The van der Waals surface area contributed by atoms with E-state index in [4.69, 9.17) is 10.5 Å². The van der Waals surface area contributed by atoms with Crippen LogP contribution < -0.4 is 5.73 Å². The molecule has 0 bridgehead atoms. The molecule has 17 heavy (non-hydrogen) atoms. The first-order valence-electron chi connectivity index (χ1n) is 7.51. The van der Waals surface area contributed by atoms with Gasteiger partial charge in [0, 0.05) is 19.3 Å². The van der Waals surface area contributed by atoms with E-state index in [9.17, 15) is 0 Å². The van der Waals surface area contributed by atoms with Crippen molar-refractivity contribution in [3.63, 3.8) is 0 Å². The minimum absolute atomic E-state index is 0.429. The van der Waals surface area contributed by atoms with Gasteiger partial charge in [-0.3, -0.25) is 0 Å².